The molecule has 2 heterocycles. The van der Waals surface area contributed by atoms with Crippen molar-refractivity contribution < 1.29 is 14.3 Å². The molecule has 0 aliphatic rings. The maximum Gasteiger partial charge on any atom is 0.224 e. The number of hydrogen-bond acceptors (Lipinski definition) is 4. The second kappa shape index (κ2) is 7.70. The van der Waals surface area contributed by atoms with Gasteiger partial charge in [-0.25, -0.2) is 4.39 Å². The first-order valence-corrected chi connectivity index (χ1v) is 9.17. The Morgan fingerprint density at radius 2 is 1.96 bits per heavy atom. The van der Waals surface area contributed by atoms with Crippen LogP contribution >= 0.6 is 22.7 Å². The Labute approximate surface area is 147 Å². The third kappa shape index (κ3) is 4.29. The second-order valence-corrected chi connectivity index (χ2v) is 7.32. The topological polar surface area (TPSA) is 49.3 Å². The van der Waals surface area contributed by atoms with E-state index in [1.54, 1.807) is 23.5 Å². The van der Waals surface area contributed by atoms with Crippen LogP contribution in [0.2, 0.25) is 0 Å². The van der Waals surface area contributed by atoms with E-state index in [0.717, 1.165) is 20.9 Å². The van der Waals surface area contributed by atoms with E-state index >= 15 is 0 Å². The molecular weight excluding hydrogens is 345 g/mol. The average Bonchev–Trinajstić information content (AvgIpc) is 3.26. The average molecular weight is 361 g/mol. The van der Waals surface area contributed by atoms with Gasteiger partial charge in [0.05, 0.1) is 13.0 Å². The van der Waals surface area contributed by atoms with Gasteiger partial charge < -0.3 is 10.4 Å². The van der Waals surface area contributed by atoms with E-state index in [-0.39, 0.29) is 18.1 Å². The van der Waals surface area contributed by atoms with Crippen molar-refractivity contribution in [3.63, 3.8) is 0 Å². The molecule has 24 heavy (non-hydrogen) atoms. The summed E-state index contributed by atoms with van der Waals surface area (Å²) < 4.78 is 12.8. The summed E-state index contributed by atoms with van der Waals surface area (Å²) in [5.41, 5.74) is 1.65. The summed E-state index contributed by atoms with van der Waals surface area (Å²) in [6, 6.07) is 11.6. The van der Waals surface area contributed by atoms with Gasteiger partial charge >= 0.3 is 0 Å². The molecule has 0 saturated heterocycles. The van der Waals surface area contributed by atoms with E-state index in [2.05, 4.69) is 5.32 Å². The van der Waals surface area contributed by atoms with Gasteiger partial charge in [0.2, 0.25) is 5.91 Å². The van der Waals surface area contributed by atoms with Crippen LogP contribution in [0.15, 0.2) is 53.2 Å². The van der Waals surface area contributed by atoms with E-state index in [1.807, 2.05) is 29.0 Å². The van der Waals surface area contributed by atoms with E-state index in [9.17, 15) is 14.3 Å². The van der Waals surface area contributed by atoms with Gasteiger partial charge in [-0.3, -0.25) is 4.79 Å². The van der Waals surface area contributed by atoms with Gasteiger partial charge in [-0.2, -0.15) is 11.3 Å². The van der Waals surface area contributed by atoms with Crippen molar-refractivity contribution >= 4 is 28.6 Å². The molecule has 1 atom stereocenters. The minimum atomic E-state index is -0.620. The largest absolute Gasteiger partial charge is 0.383 e. The first-order chi connectivity index (χ1) is 11.6. The number of benzene rings is 1. The zero-order valence-corrected chi connectivity index (χ0v) is 14.4. The summed E-state index contributed by atoms with van der Waals surface area (Å²) in [5.74, 6) is -0.426. The lowest BCUT2D eigenvalue weighted by molar-refractivity contribution is -0.120. The summed E-state index contributed by atoms with van der Waals surface area (Å²) in [6.45, 7) is 0.418. The number of carbonyl (C=O) groups excluding carboxylic acids is 1. The van der Waals surface area contributed by atoms with E-state index in [1.165, 1.54) is 23.5 Å². The number of nitrogens with one attached hydrogen (secondary N) is 1. The highest BCUT2D eigenvalue weighted by Gasteiger charge is 2.13. The van der Waals surface area contributed by atoms with Crippen molar-refractivity contribution in [3.8, 4) is 0 Å². The SMILES string of the molecule is O=C(Cc1ccc(F)cc1)NCc1ccc(C(O)c2ccsc2)s1. The first kappa shape index (κ1) is 16.8. The lowest BCUT2D eigenvalue weighted by Gasteiger charge is -2.06. The van der Waals surface area contributed by atoms with Crippen LogP contribution in [0.3, 0.4) is 0 Å². The number of aliphatic hydroxyl groups excluding tert-OH is 1. The Morgan fingerprint density at radius 1 is 1.17 bits per heavy atom. The summed E-state index contributed by atoms with van der Waals surface area (Å²) in [5, 5.41) is 17.0. The number of halogens is 1. The number of carbonyl (C=O) groups is 1. The molecule has 3 nitrogen and oxygen atoms in total. The minimum absolute atomic E-state index is 0.116. The Bertz CT molecular complexity index is 797. The molecule has 124 valence electrons. The Balaban J connectivity index is 1.53. The number of hydrogen-bond donors (Lipinski definition) is 2. The molecule has 0 spiro atoms. The molecule has 0 saturated carbocycles. The lowest BCUT2D eigenvalue weighted by Crippen LogP contribution is -2.24. The van der Waals surface area contributed by atoms with Crippen molar-refractivity contribution in [3.05, 3.63) is 79.9 Å². The van der Waals surface area contributed by atoms with Crippen LogP contribution in [0.1, 0.15) is 27.0 Å². The van der Waals surface area contributed by atoms with Crippen molar-refractivity contribution in [2.75, 3.05) is 0 Å². The predicted molar refractivity (Wildman–Crippen MR) is 94.7 cm³/mol. The van der Waals surface area contributed by atoms with Crippen molar-refractivity contribution in [2.45, 2.75) is 19.1 Å². The summed E-state index contributed by atoms with van der Waals surface area (Å²) in [6.07, 6.45) is -0.402. The standard InChI is InChI=1S/C18H16FNO2S2/c19-14-3-1-12(2-4-14)9-17(21)20-10-15-5-6-16(24-15)18(22)13-7-8-23-11-13/h1-8,11,18,22H,9-10H2,(H,20,21). The molecule has 0 bridgehead atoms. The molecule has 0 fully saturated rings. The second-order valence-electron chi connectivity index (χ2n) is 5.34. The third-order valence-corrected chi connectivity index (χ3v) is 5.39. The fourth-order valence-corrected chi connectivity index (χ4v) is 3.91. The zero-order chi connectivity index (χ0) is 16.9. The van der Waals surface area contributed by atoms with Gasteiger partial charge in [0.25, 0.3) is 0 Å². The monoisotopic (exact) mass is 361 g/mol. The third-order valence-electron chi connectivity index (χ3n) is 3.55. The zero-order valence-electron chi connectivity index (χ0n) is 12.7. The molecule has 1 unspecified atom stereocenters. The minimum Gasteiger partial charge on any atom is -0.383 e. The van der Waals surface area contributed by atoms with E-state index in [0.29, 0.717) is 6.54 Å². The lowest BCUT2D eigenvalue weighted by atomic mass is 10.1. The molecule has 1 aromatic carbocycles. The van der Waals surface area contributed by atoms with Crippen LogP contribution in [0.25, 0.3) is 0 Å². The maximum atomic E-state index is 12.8. The van der Waals surface area contributed by atoms with Crippen LogP contribution < -0.4 is 5.32 Å². The van der Waals surface area contributed by atoms with Crippen LogP contribution in [-0.4, -0.2) is 11.0 Å². The highest BCUT2D eigenvalue weighted by Crippen LogP contribution is 2.29. The number of rotatable bonds is 6. The summed E-state index contributed by atoms with van der Waals surface area (Å²) in [7, 11) is 0. The van der Waals surface area contributed by atoms with E-state index < -0.39 is 6.10 Å². The number of amides is 1. The predicted octanol–water partition coefficient (Wildman–Crippen LogP) is 3.89. The van der Waals surface area contributed by atoms with Crippen molar-refractivity contribution in [2.24, 2.45) is 0 Å². The Morgan fingerprint density at radius 3 is 2.67 bits per heavy atom. The fraction of sp³-hybridized carbons (Fsp3) is 0.167. The molecular formula is C18H16FNO2S2. The Kier molecular flexibility index (Phi) is 5.40. The van der Waals surface area contributed by atoms with Gasteiger partial charge in [0, 0.05) is 9.75 Å². The quantitative estimate of drug-likeness (QED) is 0.700. The molecule has 0 aliphatic heterocycles. The molecule has 0 radical (unpaired) electrons. The smallest absolute Gasteiger partial charge is 0.224 e. The number of thiophene rings is 2. The van der Waals surface area contributed by atoms with Gasteiger partial charge in [-0.05, 0) is 52.2 Å². The van der Waals surface area contributed by atoms with E-state index in [4.69, 9.17) is 0 Å². The molecule has 6 heteroatoms. The van der Waals surface area contributed by atoms with Crippen molar-refractivity contribution in [1.82, 2.24) is 5.32 Å². The molecule has 2 N–H and O–H groups in total. The Hall–Kier alpha value is -2.02. The van der Waals surface area contributed by atoms with Gasteiger partial charge in [-0.1, -0.05) is 12.1 Å². The fourth-order valence-electron chi connectivity index (χ4n) is 2.27. The normalized spacial score (nSPS) is 12.1. The molecule has 2 aromatic heterocycles. The number of aliphatic hydroxyl groups is 1. The summed E-state index contributed by atoms with van der Waals surface area (Å²) in [4.78, 5) is 13.8. The van der Waals surface area contributed by atoms with Crippen molar-refractivity contribution in [1.29, 1.82) is 0 Å². The van der Waals surface area contributed by atoms with Crippen LogP contribution in [0, 0.1) is 5.82 Å². The van der Waals surface area contributed by atoms with Gasteiger partial charge in [-0.15, -0.1) is 11.3 Å². The molecule has 3 rings (SSSR count). The highest BCUT2D eigenvalue weighted by atomic mass is 32.1. The highest BCUT2D eigenvalue weighted by molar-refractivity contribution is 7.12. The van der Waals surface area contributed by atoms with Crippen LogP contribution in [0.5, 0.6) is 0 Å². The molecule has 0 aliphatic carbocycles. The van der Waals surface area contributed by atoms with Gasteiger partial charge in [0.1, 0.15) is 11.9 Å². The van der Waals surface area contributed by atoms with Crippen LogP contribution in [0.4, 0.5) is 4.39 Å². The first-order valence-electron chi connectivity index (χ1n) is 7.42. The van der Waals surface area contributed by atoms with Crippen LogP contribution in [-0.2, 0) is 17.8 Å². The maximum absolute atomic E-state index is 12.8. The molecule has 3 aromatic rings. The molecule has 1 amide bonds. The summed E-state index contributed by atoms with van der Waals surface area (Å²) >= 11 is 3.03. The van der Waals surface area contributed by atoms with Gasteiger partial charge in [0.15, 0.2) is 0 Å².